The summed E-state index contributed by atoms with van der Waals surface area (Å²) in [5, 5.41) is 23.3. The van der Waals surface area contributed by atoms with Crippen molar-refractivity contribution in [1.82, 2.24) is 5.32 Å². The minimum absolute atomic E-state index is 0.0167. The van der Waals surface area contributed by atoms with Crippen LogP contribution in [0, 0.1) is 0 Å². The SMILES string of the molecule is CCCCCCCCCCCCCCCCCCCCCCCC/C=C/C(O)C(CO)NC(=O)CCCCCCCCCCCCCCCCCCCCCCCCCCCOC(=O)CCCCCCCCCCCCC. The van der Waals surface area contributed by atoms with Crippen molar-refractivity contribution in [3.63, 3.8) is 0 Å². The van der Waals surface area contributed by atoms with Gasteiger partial charge < -0.3 is 20.3 Å². The molecular formula is C71H139NO5. The van der Waals surface area contributed by atoms with Crippen LogP contribution in [0.3, 0.4) is 0 Å². The normalized spacial score (nSPS) is 12.5. The Morgan fingerprint density at radius 2 is 0.597 bits per heavy atom. The van der Waals surface area contributed by atoms with E-state index in [0.717, 1.165) is 38.5 Å². The first-order valence-electron chi connectivity index (χ1n) is 35.5. The molecule has 0 saturated heterocycles. The molecule has 0 aliphatic heterocycles. The minimum atomic E-state index is -0.844. The van der Waals surface area contributed by atoms with Gasteiger partial charge in [-0.15, -0.1) is 0 Å². The molecule has 0 aromatic heterocycles. The Balaban J connectivity index is 3.39. The van der Waals surface area contributed by atoms with Gasteiger partial charge in [-0.1, -0.05) is 373 Å². The lowest BCUT2D eigenvalue weighted by molar-refractivity contribution is -0.143. The number of nitrogens with one attached hydrogen (secondary N) is 1. The van der Waals surface area contributed by atoms with Crippen molar-refractivity contribution in [3.8, 4) is 0 Å². The predicted molar refractivity (Wildman–Crippen MR) is 338 cm³/mol. The van der Waals surface area contributed by atoms with Crippen LogP contribution in [0.15, 0.2) is 12.2 Å². The van der Waals surface area contributed by atoms with Gasteiger partial charge in [-0.05, 0) is 32.1 Å². The highest BCUT2D eigenvalue weighted by Gasteiger charge is 2.18. The molecule has 0 heterocycles. The number of carbonyl (C=O) groups is 2. The predicted octanol–water partition coefficient (Wildman–Crippen LogP) is 22.8. The summed E-state index contributed by atoms with van der Waals surface area (Å²) in [4.78, 5) is 24.5. The van der Waals surface area contributed by atoms with E-state index in [4.69, 9.17) is 4.74 Å². The van der Waals surface area contributed by atoms with Crippen LogP contribution in [0.25, 0.3) is 0 Å². The summed E-state index contributed by atoms with van der Waals surface area (Å²) in [6.07, 6.45) is 82.9. The quantitative estimate of drug-likeness (QED) is 0.0320. The Morgan fingerprint density at radius 1 is 0.351 bits per heavy atom. The molecule has 0 fully saturated rings. The van der Waals surface area contributed by atoms with Crippen LogP contribution >= 0.6 is 0 Å². The highest BCUT2D eigenvalue weighted by molar-refractivity contribution is 5.76. The molecule has 0 bridgehead atoms. The molecule has 0 aliphatic carbocycles. The monoisotopic (exact) mass is 1090 g/mol. The number of rotatable bonds is 67. The number of aliphatic hydroxyl groups excluding tert-OH is 2. The lowest BCUT2D eigenvalue weighted by Crippen LogP contribution is -2.45. The molecule has 6 nitrogen and oxygen atoms in total. The molecule has 0 aromatic rings. The third kappa shape index (κ3) is 63.6. The average molecular weight is 1090 g/mol. The van der Waals surface area contributed by atoms with E-state index in [1.54, 1.807) is 6.08 Å². The second-order valence-electron chi connectivity index (χ2n) is 24.6. The zero-order chi connectivity index (χ0) is 55.7. The maximum Gasteiger partial charge on any atom is 0.305 e. The van der Waals surface area contributed by atoms with E-state index in [0.29, 0.717) is 19.4 Å². The average Bonchev–Trinajstić information content (AvgIpc) is 3.43. The van der Waals surface area contributed by atoms with E-state index in [1.165, 1.54) is 340 Å². The maximum atomic E-state index is 12.5. The number of esters is 1. The Bertz CT molecular complexity index is 1160. The van der Waals surface area contributed by atoms with Crippen molar-refractivity contribution in [2.75, 3.05) is 13.2 Å². The second-order valence-corrected chi connectivity index (χ2v) is 24.6. The summed E-state index contributed by atoms with van der Waals surface area (Å²) in [5.74, 6) is -0.0444. The van der Waals surface area contributed by atoms with E-state index in [1.807, 2.05) is 6.08 Å². The molecule has 0 rings (SSSR count). The van der Waals surface area contributed by atoms with Gasteiger partial charge in [-0.2, -0.15) is 0 Å². The third-order valence-electron chi connectivity index (χ3n) is 16.8. The number of carbonyl (C=O) groups excluding carboxylic acids is 2. The number of aliphatic hydroxyl groups is 2. The lowest BCUT2D eigenvalue weighted by atomic mass is 10.0. The number of unbranched alkanes of at least 4 members (excludes halogenated alkanes) is 56. The van der Waals surface area contributed by atoms with Crippen LogP contribution in [-0.4, -0.2) is 47.4 Å². The Morgan fingerprint density at radius 3 is 0.883 bits per heavy atom. The van der Waals surface area contributed by atoms with Crippen LogP contribution in [0.5, 0.6) is 0 Å². The zero-order valence-electron chi connectivity index (χ0n) is 52.5. The molecule has 0 radical (unpaired) electrons. The van der Waals surface area contributed by atoms with Crippen LogP contribution < -0.4 is 5.32 Å². The molecule has 2 atom stereocenters. The standard InChI is InChI=1S/C71H139NO5/c1-3-5-7-9-11-13-15-16-17-18-19-20-21-25-28-31-34-37-40-44-47-51-55-59-63-69(74)68(67-73)72-70(75)64-60-56-52-48-45-41-38-35-32-29-26-23-22-24-27-30-33-36-39-42-46-50-54-58-62-66-77-71(76)65-61-57-53-49-43-14-12-10-8-6-4-2/h59,63,68-69,73-74H,3-58,60-62,64-67H2,1-2H3,(H,72,75)/b63-59+. The molecule has 2 unspecified atom stereocenters. The summed E-state index contributed by atoms with van der Waals surface area (Å²) in [6, 6.07) is -0.627. The number of amides is 1. The van der Waals surface area contributed by atoms with Gasteiger partial charge in [0.1, 0.15) is 0 Å². The molecule has 3 N–H and O–H groups in total. The van der Waals surface area contributed by atoms with Gasteiger partial charge in [0.25, 0.3) is 0 Å². The Hall–Kier alpha value is -1.40. The van der Waals surface area contributed by atoms with E-state index in [-0.39, 0.29) is 18.5 Å². The van der Waals surface area contributed by atoms with E-state index in [9.17, 15) is 19.8 Å². The molecule has 1 amide bonds. The van der Waals surface area contributed by atoms with Gasteiger partial charge in [-0.3, -0.25) is 9.59 Å². The first-order valence-corrected chi connectivity index (χ1v) is 35.5. The first kappa shape index (κ1) is 75.6. The van der Waals surface area contributed by atoms with Gasteiger partial charge in [0.15, 0.2) is 0 Å². The van der Waals surface area contributed by atoms with Crippen molar-refractivity contribution in [2.45, 2.75) is 418 Å². The Labute approximate surface area is 482 Å². The smallest absolute Gasteiger partial charge is 0.305 e. The molecule has 0 aliphatic rings. The molecule has 0 spiro atoms. The van der Waals surface area contributed by atoms with Crippen LogP contribution in [0.1, 0.15) is 406 Å². The van der Waals surface area contributed by atoms with Crippen LogP contribution in [0.4, 0.5) is 0 Å². The highest BCUT2D eigenvalue weighted by atomic mass is 16.5. The van der Waals surface area contributed by atoms with Crippen molar-refractivity contribution < 1.29 is 24.5 Å². The molecule has 458 valence electrons. The highest BCUT2D eigenvalue weighted by Crippen LogP contribution is 2.19. The van der Waals surface area contributed by atoms with Gasteiger partial charge >= 0.3 is 5.97 Å². The first-order chi connectivity index (χ1) is 38.0. The molecule has 6 heteroatoms. The fourth-order valence-corrected chi connectivity index (χ4v) is 11.4. The number of hydrogen-bond donors (Lipinski definition) is 3. The molecule has 77 heavy (non-hydrogen) atoms. The van der Waals surface area contributed by atoms with Gasteiger partial charge in [-0.25, -0.2) is 0 Å². The van der Waals surface area contributed by atoms with Gasteiger partial charge in [0, 0.05) is 12.8 Å². The van der Waals surface area contributed by atoms with Gasteiger partial charge in [0.2, 0.25) is 5.91 Å². The summed E-state index contributed by atoms with van der Waals surface area (Å²) >= 11 is 0. The molecule has 0 aromatic carbocycles. The van der Waals surface area contributed by atoms with E-state index in [2.05, 4.69) is 19.2 Å². The third-order valence-corrected chi connectivity index (χ3v) is 16.8. The number of hydrogen-bond acceptors (Lipinski definition) is 5. The van der Waals surface area contributed by atoms with Crippen molar-refractivity contribution >= 4 is 11.9 Å². The van der Waals surface area contributed by atoms with Crippen molar-refractivity contribution in [2.24, 2.45) is 0 Å². The summed E-state index contributed by atoms with van der Waals surface area (Å²) in [7, 11) is 0. The topological polar surface area (TPSA) is 95.9 Å². The maximum absolute atomic E-state index is 12.5. The number of allylic oxidation sites excluding steroid dienone is 1. The fourth-order valence-electron chi connectivity index (χ4n) is 11.4. The van der Waals surface area contributed by atoms with E-state index >= 15 is 0 Å². The van der Waals surface area contributed by atoms with Gasteiger partial charge in [0.05, 0.1) is 25.4 Å². The lowest BCUT2D eigenvalue weighted by Gasteiger charge is -2.20. The summed E-state index contributed by atoms with van der Waals surface area (Å²) in [6.45, 7) is 4.95. The molecular weight excluding hydrogens is 947 g/mol. The summed E-state index contributed by atoms with van der Waals surface area (Å²) in [5.41, 5.74) is 0. The second kappa shape index (κ2) is 67.1. The summed E-state index contributed by atoms with van der Waals surface area (Å²) < 4.78 is 5.48. The van der Waals surface area contributed by atoms with Crippen LogP contribution in [0.2, 0.25) is 0 Å². The van der Waals surface area contributed by atoms with Crippen molar-refractivity contribution in [1.29, 1.82) is 0 Å². The van der Waals surface area contributed by atoms with Crippen LogP contribution in [-0.2, 0) is 14.3 Å². The van der Waals surface area contributed by atoms with Crippen molar-refractivity contribution in [3.05, 3.63) is 12.2 Å². The fraction of sp³-hybridized carbons (Fsp3) is 0.944. The largest absolute Gasteiger partial charge is 0.466 e. The Kier molecular flexibility index (Phi) is 65.9. The van der Waals surface area contributed by atoms with E-state index < -0.39 is 12.1 Å². The minimum Gasteiger partial charge on any atom is -0.466 e. The number of ether oxygens (including phenoxy) is 1. The zero-order valence-corrected chi connectivity index (χ0v) is 52.5. The molecule has 0 saturated carbocycles.